The largest absolute Gasteiger partial charge is 0.384 e. The van der Waals surface area contributed by atoms with Gasteiger partial charge in [0.25, 0.3) is 0 Å². The van der Waals surface area contributed by atoms with Crippen LogP contribution in [-0.2, 0) is 4.74 Å². The van der Waals surface area contributed by atoms with E-state index >= 15 is 0 Å². The molecule has 1 aliphatic rings. The van der Waals surface area contributed by atoms with E-state index in [1.807, 2.05) is 0 Å². The van der Waals surface area contributed by atoms with E-state index in [0.717, 1.165) is 12.5 Å². The second-order valence-corrected chi connectivity index (χ2v) is 5.00. The summed E-state index contributed by atoms with van der Waals surface area (Å²) >= 11 is 0. The first-order valence-electron chi connectivity index (χ1n) is 5.02. The lowest BCUT2D eigenvalue weighted by molar-refractivity contribution is 0.0641. The summed E-state index contributed by atoms with van der Waals surface area (Å²) in [6.45, 7) is 5.38. The van der Waals surface area contributed by atoms with E-state index < -0.39 is 0 Å². The molecule has 0 bridgehead atoms. The monoisotopic (exact) mass is 180 g/mol. The zero-order valence-electron chi connectivity index (χ0n) is 8.97. The van der Waals surface area contributed by atoms with Crippen LogP contribution < -0.4 is 0 Å². The summed E-state index contributed by atoms with van der Waals surface area (Å²) in [7, 11) is 1.77. The number of methoxy groups -OCH3 is 1. The summed E-state index contributed by atoms with van der Waals surface area (Å²) in [5.74, 6) is 4.22. The molecule has 1 heteroatoms. The summed E-state index contributed by atoms with van der Waals surface area (Å²) < 4.78 is 5.19. The highest BCUT2D eigenvalue weighted by Crippen LogP contribution is 2.40. The highest BCUT2D eigenvalue weighted by atomic mass is 16.5. The van der Waals surface area contributed by atoms with Gasteiger partial charge < -0.3 is 4.74 Å². The molecule has 0 aliphatic heterocycles. The number of hydrogen-bond donors (Lipinski definition) is 0. The quantitative estimate of drug-likeness (QED) is 0.604. The Hall–Kier alpha value is -0.480. The summed E-state index contributed by atoms with van der Waals surface area (Å²) in [6, 6.07) is 0. The highest BCUT2D eigenvalue weighted by Gasteiger charge is 2.32. The lowest BCUT2D eigenvalue weighted by atomic mass is 9.68. The molecule has 0 aromatic carbocycles. The predicted octanol–water partition coefficient (Wildman–Crippen LogP) is 2.71. The second-order valence-electron chi connectivity index (χ2n) is 5.00. The van der Waals surface area contributed by atoms with E-state index in [0.29, 0.717) is 11.3 Å². The van der Waals surface area contributed by atoms with Gasteiger partial charge in [0.2, 0.25) is 0 Å². The molecule has 1 saturated carbocycles. The Balaban J connectivity index is 2.23. The van der Waals surface area contributed by atoms with Crippen molar-refractivity contribution in [1.82, 2.24) is 0 Å². The molecule has 0 atom stereocenters. The fourth-order valence-electron chi connectivity index (χ4n) is 2.27. The van der Waals surface area contributed by atoms with Crippen LogP contribution in [0.5, 0.6) is 0 Å². The molecule has 0 amide bonds. The fraction of sp³-hybridized carbons (Fsp3) is 0.833. The van der Waals surface area contributed by atoms with E-state index in [9.17, 15) is 0 Å². The number of terminal acetylenes is 1. The molecule has 0 saturated heterocycles. The van der Waals surface area contributed by atoms with Gasteiger partial charge in [0.15, 0.2) is 0 Å². The number of ether oxygens (including phenoxy) is 1. The van der Waals surface area contributed by atoms with Crippen molar-refractivity contribution in [1.29, 1.82) is 0 Å². The molecule has 74 valence electrons. The molecule has 1 fully saturated rings. The van der Waals surface area contributed by atoms with Crippen LogP contribution in [0.3, 0.4) is 0 Å². The van der Waals surface area contributed by atoms with Crippen LogP contribution in [0.2, 0.25) is 0 Å². The SMILES string of the molecule is C#C[C@H]1C[C@@H](CC(C)(C)COC)C1. The maximum absolute atomic E-state index is 5.34. The highest BCUT2D eigenvalue weighted by molar-refractivity contribution is 5.01. The molecular weight excluding hydrogens is 160 g/mol. The average molecular weight is 180 g/mol. The van der Waals surface area contributed by atoms with Gasteiger partial charge in [0.05, 0.1) is 6.61 Å². The number of hydrogen-bond acceptors (Lipinski definition) is 1. The molecule has 0 radical (unpaired) electrons. The topological polar surface area (TPSA) is 9.23 Å². The Morgan fingerprint density at radius 2 is 2.08 bits per heavy atom. The Kier molecular flexibility index (Phi) is 3.39. The van der Waals surface area contributed by atoms with Gasteiger partial charge in [-0.05, 0) is 30.6 Å². The average Bonchev–Trinajstić information content (AvgIpc) is 1.95. The smallest absolute Gasteiger partial charge is 0.0513 e. The van der Waals surface area contributed by atoms with E-state index in [4.69, 9.17) is 11.2 Å². The summed E-state index contributed by atoms with van der Waals surface area (Å²) in [4.78, 5) is 0. The summed E-state index contributed by atoms with van der Waals surface area (Å²) in [6.07, 6.45) is 9.04. The molecule has 1 aliphatic carbocycles. The van der Waals surface area contributed by atoms with Crippen molar-refractivity contribution in [2.45, 2.75) is 33.1 Å². The van der Waals surface area contributed by atoms with E-state index in [1.165, 1.54) is 19.3 Å². The van der Waals surface area contributed by atoms with Crippen molar-refractivity contribution < 1.29 is 4.74 Å². The van der Waals surface area contributed by atoms with E-state index in [-0.39, 0.29) is 0 Å². The lowest BCUT2D eigenvalue weighted by Crippen LogP contribution is -2.30. The van der Waals surface area contributed by atoms with Crippen LogP contribution in [0.15, 0.2) is 0 Å². The molecule has 0 N–H and O–H groups in total. The van der Waals surface area contributed by atoms with Gasteiger partial charge in [-0.2, -0.15) is 0 Å². The van der Waals surface area contributed by atoms with Gasteiger partial charge >= 0.3 is 0 Å². The van der Waals surface area contributed by atoms with Crippen LogP contribution >= 0.6 is 0 Å². The first-order chi connectivity index (χ1) is 6.07. The number of rotatable bonds is 4. The first kappa shape index (κ1) is 10.6. The van der Waals surface area contributed by atoms with Crippen LogP contribution in [0.1, 0.15) is 33.1 Å². The zero-order chi connectivity index (χ0) is 9.90. The van der Waals surface area contributed by atoms with Crippen molar-refractivity contribution >= 4 is 0 Å². The van der Waals surface area contributed by atoms with Crippen LogP contribution in [0.25, 0.3) is 0 Å². The minimum absolute atomic E-state index is 0.318. The second kappa shape index (κ2) is 4.15. The Morgan fingerprint density at radius 3 is 2.54 bits per heavy atom. The minimum Gasteiger partial charge on any atom is -0.384 e. The molecule has 0 aromatic rings. The normalized spacial score (nSPS) is 27.8. The maximum atomic E-state index is 5.34. The van der Waals surface area contributed by atoms with Crippen molar-refractivity contribution in [3.63, 3.8) is 0 Å². The van der Waals surface area contributed by atoms with Gasteiger partial charge in [0, 0.05) is 13.0 Å². The standard InChI is InChI=1S/C12H20O/c1-5-10-6-11(7-10)8-12(2,3)9-13-4/h1,10-11H,6-9H2,2-4H3/t10-,11+. The molecule has 0 heterocycles. The van der Waals surface area contributed by atoms with E-state index in [1.54, 1.807) is 7.11 Å². The van der Waals surface area contributed by atoms with Crippen molar-refractivity contribution in [2.75, 3.05) is 13.7 Å². The Bertz CT molecular complexity index is 194. The molecule has 0 aromatic heterocycles. The van der Waals surface area contributed by atoms with Crippen LogP contribution in [0.4, 0.5) is 0 Å². The van der Waals surface area contributed by atoms with Gasteiger partial charge in [-0.1, -0.05) is 13.8 Å². The zero-order valence-corrected chi connectivity index (χ0v) is 8.97. The van der Waals surface area contributed by atoms with Crippen molar-refractivity contribution in [3.8, 4) is 12.3 Å². The molecule has 0 unspecified atom stereocenters. The third-order valence-electron chi connectivity index (χ3n) is 2.85. The summed E-state index contributed by atoms with van der Waals surface area (Å²) in [5.41, 5.74) is 0.318. The molecule has 0 spiro atoms. The lowest BCUT2D eigenvalue weighted by Gasteiger charge is -2.37. The first-order valence-corrected chi connectivity index (χ1v) is 5.02. The Morgan fingerprint density at radius 1 is 1.46 bits per heavy atom. The molecular formula is C12H20O. The third-order valence-corrected chi connectivity index (χ3v) is 2.85. The molecule has 1 rings (SSSR count). The van der Waals surface area contributed by atoms with Crippen LogP contribution in [0, 0.1) is 29.6 Å². The summed E-state index contributed by atoms with van der Waals surface area (Å²) in [5, 5.41) is 0. The minimum atomic E-state index is 0.318. The molecule has 13 heavy (non-hydrogen) atoms. The Labute approximate surface area is 81.9 Å². The van der Waals surface area contributed by atoms with Gasteiger partial charge in [0.1, 0.15) is 0 Å². The molecule has 1 nitrogen and oxygen atoms in total. The fourth-order valence-corrected chi connectivity index (χ4v) is 2.27. The van der Waals surface area contributed by atoms with Crippen molar-refractivity contribution in [3.05, 3.63) is 0 Å². The maximum Gasteiger partial charge on any atom is 0.0513 e. The van der Waals surface area contributed by atoms with Gasteiger partial charge in [-0.3, -0.25) is 0 Å². The van der Waals surface area contributed by atoms with Gasteiger partial charge in [-0.25, -0.2) is 0 Å². The van der Waals surface area contributed by atoms with Gasteiger partial charge in [-0.15, -0.1) is 12.3 Å². The third kappa shape index (κ3) is 3.04. The van der Waals surface area contributed by atoms with Crippen LogP contribution in [-0.4, -0.2) is 13.7 Å². The predicted molar refractivity (Wildman–Crippen MR) is 55.3 cm³/mol. The van der Waals surface area contributed by atoms with E-state index in [2.05, 4.69) is 19.8 Å². The van der Waals surface area contributed by atoms with Crippen molar-refractivity contribution in [2.24, 2.45) is 17.3 Å².